The molecule has 0 bridgehead atoms. The normalized spacial score (nSPS) is 11.3. The molecule has 130 valence electrons. The fourth-order valence-corrected chi connectivity index (χ4v) is 3.03. The van der Waals surface area contributed by atoms with Crippen LogP contribution in [0, 0.1) is 11.3 Å². The van der Waals surface area contributed by atoms with Gasteiger partial charge in [-0.1, -0.05) is 23.7 Å². The second kappa shape index (κ2) is 7.85. The first kappa shape index (κ1) is 17.7. The molecule has 3 aromatic rings. The molecule has 0 aliphatic heterocycles. The molecule has 0 radical (unpaired) electrons. The van der Waals surface area contributed by atoms with E-state index in [-0.39, 0.29) is 12.2 Å². The Hall–Kier alpha value is -3.10. The highest BCUT2D eigenvalue weighted by molar-refractivity contribution is 6.36. The molecular weight excluding hydrogens is 350 g/mol. The van der Waals surface area contributed by atoms with E-state index in [1.165, 1.54) is 6.08 Å². The Labute approximate surface area is 156 Å². The minimum atomic E-state index is -0.646. The predicted octanol–water partition coefficient (Wildman–Crippen LogP) is 4.21. The second-order valence-electron chi connectivity index (χ2n) is 5.56. The lowest BCUT2D eigenvalue weighted by Gasteiger charge is -2.04. The fourth-order valence-electron chi connectivity index (χ4n) is 2.75. The number of hydrogen-bond donors (Lipinski definition) is 0. The van der Waals surface area contributed by atoms with E-state index >= 15 is 0 Å². The fraction of sp³-hybridized carbons (Fsp3) is 0.150. The SMILES string of the molecule is CCOC(=O)/C(C#N)=C/c1cn(Cc2ccccn2)c2cccc(Cl)c12. The summed E-state index contributed by atoms with van der Waals surface area (Å²) in [7, 11) is 0. The molecule has 26 heavy (non-hydrogen) atoms. The second-order valence-corrected chi connectivity index (χ2v) is 5.96. The maximum absolute atomic E-state index is 11.9. The predicted molar refractivity (Wildman–Crippen MR) is 101 cm³/mol. The van der Waals surface area contributed by atoms with Crippen LogP contribution in [0.3, 0.4) is 0 Å². The summed E-state index contributed by atoms with van der Waals surface area (Å²) in [6, 6.07) is 13.2. The highest BCUT2D eigenvalue weighted by atomic mass is 35.5. The van der Waals surface area contributed by atoms with E-state index in [0.717, 1.165) is 16.6 Å². The van der Waals surface area contributed by atoms with Crippen LogP contribution in [0.25, 0.3) is 17.0 Å². The molecule has 0 saturated carbocycles. The van der Waals surface area contributed by atoms with Crippen LogP contribution < -0.4 is 0 Å². The number of halogens is 1. The van der Waals surface area contributed by atoms with Crippen molar-refractivity contribution in [3.63, 3.8) is 0 Å². The molecule has 1 aromatic carbocycles. The number of fused-ring (bicyclic) bond motifs is 1. The summed E-state index contributed by atoms with van der Waals surface area (Å²) in [5.74, 6) is -0.646. The van der Waals surface area contributed by atoms with Gasteiger partial charge in [-0.2, -0.15) is 5.26 Å². The van der Waals surface area contributed by atoms with Crippen LogP contribution in [-0.4, -0.2) is 22.1 Å². The van der Waals surface area contributed by atoms with Gasteiger partial charge >= 0.3 is 5.97 Å². The van der Waals surface area contributed by atoms with Gasteiger partial charge in [0.1, 0.15) is 11.6 Å². The van der Waals surface area contributed by atoms with Crippen molar-refractivity contribution in [2.24, 2.45) is 0 Å². The van der Waals surface area contributed by atoms with Crippen LogP contribution in [0.1, 0.15) is 18.2 Å². The minimum absolute atomic E-state index is 0.0661. The van der Waals surface area contributed by atoms with E-state index in [1.807, 2.05) is 47.2 Å². The maximum atomic E-state index is 11.9. The standard InChI is InChI=1S/C20H16ClN3O2/c1-2-26-20(25)14(11-22)10-15-12-24(13-16-6-3-4-9-23-16)18-8-5-7-17(21)19(15)18/h3-10,12H,2,13H2,1H3/b14-10+. The maximum Gasteiger partial charge on any atom is 0.348 e. The number of ether oxygens (including phenoxy) is 1. The Morgan fingerprint density at radius 3 is 2.88 bits per heavy atom. The van der Waals surface area contributed by atoms with Crippen LogP contribution >= 0.6 is 11.6 Å². The number of nitriles is 1. The highest BCUT2D eigenvalue weighted by Crippen LogP contribution is 2.30. The zero-order valence-corrected chi connectivity index (χ0v) is 14.9. The molecule has 0 spiro atoms. The average Bonchev–Trinajstić information content (AvgIpc) is 2.99. The third-order valence-electron chi connectivity index (χ3n) is 3.86. The number of aromatic nitrogens is 2. The van der Waals surface area contributed by atoms with E-state index in [4.69, 9.17) is 16.3 Å². The molecule has 6 heteroatoms. The average molecular weight is 366 g/mol. The minimum Gasteiger partial charge on any atom is -0.462 e. The lowest BCUT2D eigenvalue weighted by Crippen LogP contribution is -2.05. The third kappa shape index (κ3) is 3.61. The first-order chi connectivity index (χ1) is 12.6. The molecule has 0 atom stereocenters. The van der Waals surface area contributed by atoms with Crippen molar-refractivity contribution in [2.45, 2.75) is 13.5 Å². The van der Waals surface area contributed by atoms with E-state index < -0.39 is 5.97 Å². The smallest absolute Gasteiger partial charge is 0.348 e. The number of hydrogen-bond acceptors (Lipinski definition) is 4. The molecule has 0 aliphatic rings. The van der Waals surface area contributed by atoms with Crippen LogP contribution in [0.2, 0.25) is 5.02 Å². The van der Waals surface area contributed by atoms with Crippen LogP contribution in [0.4, 0.5) is 0 Å². The van der Waals surface area contributed by atoms with Gasteiger partial charge in [-0.15, -0.1) is 0 Å². The van der Waals surface area contributed by atoms with E-state index in [0.29, 0.717) is 17.1 Å². The first-order valence-corrected chi connectivity index (χ1v) is 8.48. The quantitative estimate of drug-likeness (QED) is 0.386. The molecule has 2 heterocycles. The summed E-state index contributed by atoms with van der Waals surface area (Å²) < 4.78 is 6.93. The summed E-state index contributed by atoms with van der Waals surface area (Å²) in [6.45, 7) is 2.45. The number of benzene rings is 1. The van der Waals surface area contributed by atoms with Crippen LogP contribution in [0.5, 0.6) is 0 Å². The van der Waals surface area contributed by atoms with Crippen molar-refractivity contribution in [1.82, 2.24) is 9.55 Å². The zero-order chi connectivity index (χ0) is 18.5. The Kier molecular flexibility index (Phi) is 5.35. The molecule has 0 N–H and O–H groups in total. The summed E-state index contributed by atoms with van der Waals surface area (Å²) in [5, 5.41) is 10.6. The van der Waals surface area contributed by atoms with Crippen molar-refractivity contribution in [3.8, 4) is 6.07 Å². The van der Waals surface area contributed by atoms with Crippen molar-refractivity contribution in [1.29, 1.82) is 5.26 Å². The number of carbonyl (C=O) groups excluding carboxylic acids is 1. The van der Waals surface area contributed by atoms with Crippen molar-refractivity contribution < 1.29 is 9.53 Å². The molecule has 0 aliphatic carbocycles. The van der Waals surface area contributed by atoms with Crippen molar-refractivity contribution in [3.05, 3.63) is 70.6 Å². The summed E-state index contributed by atoms with van der Waals surface area (Å²) in [5.41, 5.74) is 2.41. The largest absolute Gasteiger partial charge is 0.462 e. The molecule has 5 nitrogen and oxygen atoms in total. The summed E-state index contributed by atoms with van der Waals surface area (Å²) in [6.07, 6.45) is 5.12. The monoisotopic (exact) mass is 365 g/mol. The number of pyridine rings is 1. The first-order valence-electron chi connectivity index (χ1n) is 8.10. The van der Waals surface area contributed by atoms with Gasteiger partial charge in [0.25, 0.3) is 0 Å². The van der Waals surface area contributed by atoms with E-state index in [9.17, 15) is 10.1 Å². The van der Waals surface area contributed by atoms with Gasteiger partial charge in [0.05, 0.1) is 29.4 Å². The zero-order valence-electron chi connectivity index (χ0n) is 14.1. The molecule has 2 aromatic heterocycles. The molecule has 0 unspecified atom stereocenters. The number of esters is 1. The van der Waals surface area contributed by atoms with Crippen LogP contribution in [0.15, 0.2) is 54.4 Å². The van der Waals surface area contributed by atoms with Gasteiger partial charge in [0, 0.05) is 23.3 Å². The summed E-state index contributed by atoms with van der Waals surface area (Å²) >= 11 is 6.39. The van der Waals surface area contributed by atoms with Gasteiger partial charge in [-0.3, -0.25) is 4.98 Å². The number of carbonyl (C=O) groups is 1. The molecule has 0 saturated heterocycles. The number of rotatable bonds is 5. The van der Waals surface area contributed by atoms with E-state index in [1.54, 1.807) is 19.2 Å². The highest BCUT2D eigenvalue weighted by Gasteiger charge is 2.15. The summed E-state index contributed by atoms with van der Waals surface area (Å²) in [4.78, 5) is 16.3. The Balaban J connectivity index is 2.11. The van der Waals surface area contributed by atoms with Gasteiger partial charge in [0.2, 0.25) is 0 Å². The third-order valence-corrected chi connectivity index (χ3v) is 4.17. The van der Waals surface area contributed by atoms with Gasteiger partial charge in [-0.05, 0) is 37.3 Å². The number of nitrogens with zero attached hydrogens (tertiary/aromatic N) is 3. The van der Waals surface area contributed by atoms with E-state index in [2.05, 4.69) is 4.98 Å². The molecular formula is C20H16ClN3O2. The molecule has 0 amide bonds. The lowest BCUT2D eigenvalue weighted by molar-refractivity contribution is -0.137. The van der Waals surface area contributed by atoms with Crippen molar-refractivity contribution in [2.75, 3.05) is 6.61 Å². The molecule has 3 rings (SSSR count). The van der Waals surface area contributed by atoms with Crippen LogP contribution in [-0.2, 0) is 16.1 Å². The van der Waals surface area contributed by atoms with Gasteiger partial charge in [0.15, 0.2) is 0 Å². The van der Waals surface area contributed by atoms with Gasteiger partial charge in [-0.25, -0.2) is 4.79 Å². The Morgan fingerprint density at radius 2 is 2.19 bits per heavy atom. The van der Waals surface area contributed by atoms with Crippen molar-refractivity contribution >= 4 is 34.5 Å². The topological polar surface area (TPSA) is 67.9 Å². The van der Waals surface area contributed by atoms with Gasteiger partial charge < -0.3 is 9.30 Å². The Bertz CT molecular complexity index is 1020. The lowest BCUT2D eigenvalue weighted by atomic mass is 10.1. The Morgan fingerprint density at radius 1 is 1.35 bits per heavy atom. The molecule has 0 fully saturated rings.